The van der Waals surface area contributed by atoms with Gasteiger partial charge in [-0.15, -0.1) is 0 Å². The van der Waals surface area contributed by atoms with E-state index in [0.29, 0.717) is 53.6 Å². The van der Waals surface area contributed by atoms with Crippen molar-refractivity contribution in [2.45, 2.75) is 44.8 Å². The molecule has 1 saturated heterocycles. The number of para-hydroxylation sites is 1. The van der Waals surface area contributed by atoms with Crippen LogP contribution in [0.25, 0.3) is 0 Å². The number of anilines is 1. The van der Waals surface area contributed by atoms with Gasteiger partial charge in [-0.3, -0.25) is 19.3 Å². The molecule has 0 spiro atoms. The third-order valence-electron chi connectivity index (χ3n) is 6.38. The van der Waals surface area contributed by atoms with E-state index < -0.39 is 5.66 Å². The molecule has 4 rings (SSSR count). The van der Waals surface area contributed by atoms with Gasteiger partial charge in [-0.1, -0.05) is 47.5 Å². The van der Waals surface area contributed by atoms with Gasteiger partial charge in [-0.25, -0.2) is 0 Å². The van der Waals surface area contributed by atoms with Crippen LogP contribution in [0.2, 0.25) is 10.0 Å². The molecule has 168 valence electrons. The maximum Gasteiger partial charge on any atom is 0.257 e. The molecule has 2 aromatic carbocycles. The first-order chi connectivity index (χ1) is 15.2. The predicted octanol–water partition coefficient (Wildman–Crippen LogP) is 4.73. The van der Waals surface area contributed by atoms with Gasteiger partial charge in [-0.05, 0) is 43.5 Å². The summed E-state index contributed by atoms with van der Waals surface area (Å²) in [6, 6.07) is 12.6. The van der Waals surface area contributed by atoms with Crippen LogP contribution < -0.4 is 4.90 Å². The first-order valence-corrected chi connectivity index (χ1v) is 11.4. The fraction of sp³-hybridized carbons (Fsp3) is 0.375. The quantitative estimate of drug-likeness (QED) is 0.608. The monoisotopic (exact) mass is 473 g/mol. The molecule has 0 bridgehead atoms. The second kappa shape index (κ2) is 8.75. The summed E-state index contributed by atoms with van der Waals surface area (Å²) in [7, 11) is 1.72. The first kappa shape index (κ1) is 22.6. The molecule has 0 N–H and O–H groups in total. The number of amides is 3. The van der Waals surface area contributed by atoms with Crippen LogP contribution in [-0.2, 0) is 16.1 Å². The number of hydrogen-bond acceptors (Lipinski definition) is 3. The number of rotatable bonds is 6. The molecule has 0 aromatic heterocycles. The van der Waals surface area contributed by atoms with Gasteiger partial charge in [0.15, 0.2) is 0 Å². The van der Waals surface area contributed by atoms with Crippen LogP contribution in [0, 0.1) is 0 Å². The van der Waals surface area contributed by atoms with Crippen LogP contribution in [-0.4, -0.2) is 46.8 Å². The SMILES string of the molecule is CN(Cc1cccc(Cl)c1Cl)C(=O)CCCN1C(=O)c2ccccc2N2C(=O)CCC12C. The van der Waals surface area contributed by atoms with Gasteiger partial charge in [0, 0.05) is 33.0 Å². The third kappa shape index (κ3) is 3.86. The lowest BCUT2D eigenvalue weighted by atomic mass is 9.98. The van der Waals surface area contributed by atoms with E-state index in [-0.39, 0.29) is 24.1 Å². The van der Waals surface area contributed by atoms with Crippen LogP contribution in [0.3, 0.4) is 0 Å². The van der Waals surface area contributed by atoms with Crippen LogP contribution >= 0.6 is 23.2 Å². The fourth-order valence-corrected chi connectivity index (χ4v) is 5.01. The fourth-order valence-electron chi connectivity index (χ4n) is 4.64. The molecule has 1 unspecified atom stereocenters. The third-order valence-corrected chi connectivity index (χ3v) is 7.24. The van der Waals surface area contributed by atoms with Crippen LogP contribution in [0.5, 0.6) is 0 Å². The molecule has 6 nitrogen and oxygen atoms in total. The molecule has 2 aliphatic heterocycles. The van der Waals surface area contributed by atoms with E-state index in [4.69, 9.17) is 23.2 Å². The number of benzene rings is 2. The maximum atomic E-state index is 13.3. The van der Waals surface area contributed by atoms with Gasteiger partial charge in [0.05, 0.1) is 21.3 Å². The van der Waals surface area contributed by atoms with Crippen molar-refractivity contribution < 1.29 is 14.4 Å². The second-order valence-electron chi connectivity index (χ2n) is 8.49. The van der Waals surface area contributed by atoms with Crippen molar-refractivity contribution in [1.29, 1.82) is 0 Å². The average Bonchev–Trinajstić information content (AvgIpc) is 3.08. The molecule has 2 aliphatic rings. The Labute approximate surface area is 197 Å². The molecule has 0 radical (unpaired) electrons. The maximum absolute atomic E-state index is 13.3. The molecule has 1 atom stereocenters. The van der Waals surface area contributed by atoms with E-state index in [9.17, 15) is 14.4 Å². The first-order valence-electron chi connectivity index (χ1n) is 10.6. The van der Waals surface area contributed by atoms with Crippen molar-refractivity contribution >= 4 is 46.6 Å². The van der Waals surface area contributed by atoms with Crippen molar-refractivity contribution in [2.75, 3.05) is 18.5 Å². The summed E-state index contributed by atoms with van der Waals surface area (Å²) in [5, 5.41) is 0.906. The van der Waals surface area contributed by atoms with E-state index in [1.165, 1.54) is 0 Å². The summed E-state index contributed by atoms with van der Waals surface area (Å²) in [6.07, 6.45) is 1.76. The lowest BCUT2D eigenvalue weighted by Crippen LogP contribution is -2.62. The Hall–Kier alpha value is -2.57. The van der Waals surface area contributed by atoms with Gasteiger partial charge in [-0.2, -0.15) is 0 Å². The zero-order valence-electron chi connectivity index (χ0n) is 18.1. The van der Waals surface area contributed by atoms with E-state index in [0.717, 1.165) is 5.56 Å². The second-order valence-corrected chi connectivity index (χ2v) is 9.27. The Kier molecular flexibility index (Phi) is 6.19. The summed E-state index contributed by atoms with van der Waals surface area (Å²) >= 11 is 12.3. The van der Waals surface area contributed by atoms with Gasteiger partial charge in [0.2, 0.25) is 11.8 Å². The number of nitrogens with zero attached hydrogens (tertiary/aromatic N) is 3. The van der Waals surface area contributed by atoms with Crippen LogP contribution in [0.1, 0.15) is 48.5 Å². The van der Waals surface area contributed by atoms with Gasteiger partial charge in [0.25, 0.3) is 5.91 Å². The number of carbonyl (C=O) groups is 3. The molecule has 2 heterocycles. The Balaban J connectivity index is 1.43. The normalized spacial score (nSPS) is 19.8. The predicted molar refractivity (Wildman–Crippen MR) is 125 cm³/mol. The molecular weight excluding hydrogens is 449 g/mol. The van der Waals surface area contributed by atoms with Gasteiger partial charge >= 0.3 is 0 Å². The van der Waals surface area contributed by atoms with E-state index in [1.54, 1.807) is 46.0 Å². The molecule has 1 fully saturated rings. The zero-order valence-corrected chi connectivity index (χ0v) is 19.6. The van der Waals surface area contributed by atoms with Gasteiger partial charge in [0.1, 0.15) is 5.66 Å². The zero-order chi connectivity index (χ0) is 23.0. The van der Waals surface area contributed by atoms with Crippen LogP contribution in [0.15, 0.2) is 42.5 Å². The number of hydrogen-bond donors (Lipinski definition) is 0. The molecule has 2 aromatic rings. The molecule has 3 amide bonds. The van der Waals surface area contributed by atoms with E-state index >= 15 is 0 Å². The highest BCUT2D eigenvalue weighted by Gasteiger charge is 2.52. The van der Waals surface area contributed by atoms with Crippen molar-refractivity contribution in [3.05, 3.63) is 63.6 Å². The molecule has 32 heavy (non-hydrogen) atoms. The molecular formula is C24H25Cl2N3O3. The summed E-state index contributed by atoms with van der Waals surface area (Å²) < 4.78 is 0. The standard InChI is InChI=1S/C24H25Cl2N3O3/c1-24-13-12-21(31)29(24)19-10-4-3-8-17(19)23(32)28(24)14-6-11-20(30)27(2)15-16-7-5-9-18(25)22(16)26/h3-5,7-10H,6,11-15H2,1-2H3. The minimum atomic E-state index is -0.703. The van der Waals surface area contributed by atoms with Crippen molar-refractivity contribution in [1.82, 2.24) is 9.80 Å². The Bertz CT molecular complexity index is 1090. The Morgan fingerprint density at radius 3 is 2.66 bits per heavy atom. The van der Waals surface area contributed by atoms with Crippen molar-refractivity contribution in [3.63, 3.8) is 0 Å². The lowest BCUT2D eigenvalue weighted by Gasteiger charge is -2.48. The van der Waals surface area contributed by atoms with Gasteiger partial charge < -0.3 is 9.80 Å². The summed E-state index contributed by atoms with van der Waals surface area (Å²) in [6.45, 7) is 2.68. The highest BCUT2D eigenvalue weighted by atomic mass is 35.5. The van der Waals surface area contributed by atoms with Crippen LogP contribution in [0.4, 0.5) is 5.69 Å². The lowest BCUT2D eigenvalue weighted by molar-refractivity contribution is -0.130. The number of carbonyl (C=O) groups excluding carboxylic acids is 3. The number of halogens is 2. The Morgan fingerprint density at radius 2 is 1.88 bits per heavy atom. The van der Waals surface area contributed by atoms with Crippen molar-refractivity contribution in [3.8, 4) is 0 Å². The highest BCUT2D eigenvalue weighted by molar-refractivity contribution is 6.42. The molecule has 0 aliphatic carbocycles. The smallest absolute Gasteiger partial charge is 0.257 e. The minimum Gasteiger partial charge on any atom is -0.341 e. The van der Waals surface area contributed by atoms with E-state index in [2.05, 4.69) is 0 Å². The Morgan fingerprint density at radius 1 is 1.12 bits per heavy atom. The van der Waals surface area contributed by atoms with E-state index in [1.807, 2.05) is 25.1 Å². The average molecular weight is 474 g/mol. The largest absolute Gasteiger partial charge is 0.341 e. The molecule has 0 saturated carbocycles. The van der Waals surface area contributed by atoms with Crippen molar-refractivity contribution in [2.24, 2.45) is 0 Å². The topological polar surface area (TPSA) is 60.9 Å². The number of fused-ring (bicyclic) bond motifs is 3. The molecule has 8 heteroatoms. The summed E-state index contributed by atoms with van der Waals surface area (Å²) in [5.74, 6) is -0.123. The minimum absolute atomic E-state index is 0.0201. The highest BCUT2D eigenvalue weighted by Crippen LogP contribution is 2.44. The summed E-state index contributed by atoms with van der Waals surface area (Å²) in [4.78, 5) is 43.7. The summed E-state index contributed by atoms with van der Waals surface area (Å²) in [5.41, 5.74) is 1.28.